The summed E-state index contributed by atoms with van der Waals surface area (Å²) in [5.74, 6) is 1.06. The zero-order valence-corrected chi connectivity index (χ0v) is 18.9. The molecule has 2 aliphatic rings. The molecule has 0 spiro atoms. The average molecular weight is 500 g/mol. The van der Waals surface area contributed by atoms with E-state index in [2.05, 4.69) is 5.32 Å². The Labute approximate surface area is 195 Å². The fourth-order valence-corrected chi connectivity index (χ4v) is 5.17. The summed E-state index contributed by atoms with van der Waals surface area (Å²) in [5.41, 5.74) is -0.906. The molecule has 0 bridgehead atoms. The van der Waals surface area contributed by atoms with E-state index in [9.17, 15) is 26.4 Å². The number of carbonyl (C=O) groups is 1. The van der Waals surface area contributed by atoms with Crippen LogP contribution in [0.2, 0.25) is 0 Å². The molecule has 1 saturated heterocycles. The van der Waals surface area contributed by atoms with Crippen molar-refractivity contribution in [1.29, 1.82) is 0 Å². The second-order valence-electron chi connectivity index (χ2n) is 8.00. The summed E-state index contributed by atoms with van der Waals surface area (Å²) >= 11 is 0. The molecule has 184 valence electrons. The Morgan fingerprint density at radius 1 is 1.00 bits per heavy atom. The number of amides is 1. The van der Waals surface area contributed by atoms with E-state index in [1.165, 1.54) is 4.31 Å². The fourth-order valence-electron chi connectivity index (χ4n) is 3.74. The molecule has 1 unspecified atom stereocenters. The number of nitrogens with one attached hydrogen (secondary N) is 1. The van der Waals surface area contributed by atoms with Gasteiger partial charge in [-0.05, 0) is 36.4 Å². The average Bonchev–Trinajstić information content (AvgIpc) is 2.82. The summed E-state index contributed by atoms with van der Waals surface area (Å²) in [6.07, 6.45) is -4.85. The first-order valence-corrected chi connectivity index (χ1v) is 12.1. The summed E-state index contributed by atoms with van der Waals surface area (Å²) in [6, 6.07) is 10.7. The zero-order valence-electron chi connectivity index (χ0n) is 18.1. The molecule has 2 aromatic carbocycles. The lowest BCUT2D eigenvalue weighted by molar-refractivity contribution is -0.137. The summed E-state index contributed by atoms with van der Waals surface area (Å²) in [4.78, 5) is 14.0. The molecule has 4 rings (SSSR count). The molecule has 1 fully saturated rings. The number of ether oxygens (including phenoxy) is 2. The first kappa shape index (κ1) is 24.3. The number of hydrogen-bond donors (Lipinski definition) is 1. The highest BCUT2D eigenvalue weighted by Gasteiger charge is 2.33. The fraction of sp³-hybridized carbons (Fsp3) is 0.409. The maximum absolute atomic E-state index is 12.8. The van der Waals surface area contributed by atoms with Crippen LogP contribution in [0.3, 0.4) is 0 Å². The number of sulfonamides is 1. The molecular formula is C22H24F3N3O5S. The van der Waals surface area contributed by atoms with Crippen LogP contribution in [-0.2, 0) is 21.0 Å². The highest BCUT2D eigenvalue weighted by atomic mass is 32.2. The van der Waals surface area contributed by atoms with Crippen LogP contribution in [0.25, 0.3) is 0 Å². The van der Waals surface area contributed by atoms with Gasteiger partial charge in [0.05, 0.1) is 23.5 Å². The third kappa shape index (κ3) is 5.62. The minimum atomic E-state index is -4.53. The van der Waals surface area contributed by atoms with Crippen molar-refractivity contribution in [2.75, 3.05) is 45.9 Å². The Bertz CT molecular complexity index is 1120. The van der Waals surface area contributed by atoms with E-state index < -0.39 is 21.8 Å². The Morgan fingerprint density at radius 3 is 2.29 bits per heavy atom. The van der Waals surface area contributed by atoms with Gasteiger partial charge in [0.25, 0.3) is 0 Å². The molecule has 0 aliphatic carbocycles. The van der Waals surface area contributed by atoms with Gasteiger partial charge in [-0.25, -0.2) is 8.42 Å². The molecule has 2 heterocycles. The quantitative estimate of drug-likeness (QED) is 0.654. The number of alkyl halides is 3. The Morgan fingerprint density at radius 2 is 1.65 bits per heavy atom. The Balaban J connectivity index is 1.23. The first-order valence-electron chi connectivity index (χ1n) is 10.7. The lowest BCUT2D eigenvalue weighted by Crippen LogP contribution is -2.51. The number of benzene rings is 2. The van der Waals surface area contributed by atoms with Crippen molar-refractivity contribution in [3.63, 3.8) is 0 Å². The Hall–Kier alpha value is -2.83. The maximum Gasteiger partial charge on any atom is 0.416 e. The number of nitrogens with zero attached hydrogens (tertiary/aromatic N) is 2. The topological polar surface area (TPSA) is 88.2 Å². The molecule has 8 nitrogen and oxygen atoms in total. The van der Waals surface area contributed by atoms with E-state index >= 15 is 0 Å². The van der Waals surface area contributed by atoms with Gasteiger partial charge < -0.3 is 14.8 Å². The molecule has 1 amide bonds. The molecule has 12 heteroatoms. The van der Waals surface area contributed by atoms with Crippen molar-refractivity contribution in [2.24, 2.45) is 0 Å². The molecule has 34 heavy (non-hydrogen) atoms. The summed E-state index contributed by atoms with van der Waals surface area (Å²) in [6.45, 7) is 1.60. The standard InChI is InChI=1S/C22H24F3N3O5S/c23-22(24,25)16-5-7-18(8-6-16)34(30,31)28-11-9-27(10-12-28)14-21(29)26-13-17-15-32-19-3-1-2-4-20(19)33-17/h1-8,17H,9-15H2,(H,26,29). The second-order valence-corrected chi connectivity index (χ2v) is 9.94. The molecule has 0 aromatic heterocycles. The molecule has 1 atom stereocenters. The maximum atomic E-state index is 12.8. The van der Waals surface area contributed by atoms with Crippen LogP contribution in [0.15, 0.2) is 53.4 Å². The van der Waals surface area contributed by atoms with E-state index in [0.29, 0.717) is 31.2 Å². The largest absolute Gasteiger partial charge is 0.486 e. The van der Waals surface area contributed by atoms with Crippen molar-refractivity contribution >= 4 is 15.9 Å². The van der Waals surface area contributed by atoms with Crippen LogP contribution in [0.1, 0.15) is 5.56 Å². The highest BCUT2D eigenvalue weighted by molar-refractivity contribution is 7.89. The van der Waals surface area contributed by atoms with Gasteiger partial charge in [-0.2, -0.15) is 17.5 Å². The molecule has 2 aliphatic heterocycles. The van der Waals surface area contributed by atoms with E-state index in [0.717, 1.165) is 24.3 Å². The van der Waals surface area contributed by atoms with E-state index in [1.807, 2.05) is 23.1 Å². The van der Waals surface area contributed by atoms with Gasteiger partial charge in [-0.15, -0.1) is 0 Å². The third-order valence-electron chi connectivity index (χ3n) is 5.61. The van der Waals surface area contributed by atoms with Crippen molar-refractivity contribution < 1.29 is 35.9 Å². The number of halogens is 3. The zero-order chi connectivity index (χ0) is 24.3. The number of piperazine rings is 1. The van der Waals surface area contributed by atoms with Gasteiger partial charge in [-0.3, -0.25) is 9.69 Å². The first-order chi connectivity index (χ1) is 16.1. The molecule has 0 saturated carbocycles. The van der Waals surface area contributed by atoms with Crippen LogP contribution in [0, 0.1) is 0 Å². The third-order valence-corrected chi connectivity index (χ3v) is 7.53. The predicted octanol–water partition coefficient (Wildman–Crippen LogP) is 1.97. The minimum absolute atomic E-state index is 0.0956. The van der Waals surface area contributed by atoms with Crippen molar-refractivity contribution in [1.82, 2.24) is 14.5 Å². The number of carbonyl (C=O) groups excluding carboxylic acids is 1. The van der Waals surface area contributed by atoms with Crippen molar-refractivity contribution in [3.8, 4) is 11.5 Å². The summed E-state index contributed by atoms with van der Waals surface area (Å²) in [5, 5.41) is 2.81. The summed E-state index contributed by atoms with van der Waals surface area (Å²) < 4.78 is 76.3. The van der Waals surface area contributed by atoms with Gasteiger partial charge in [0.1, 0.15) is 12.7 Å². The van der Waals surface area contributed by atoms with Gasteiger partial charge in [0, 0.05) is 26.2 Å². The van der Waals surface area contributed by atoms with Gasteiger partial charge in [0.2, 0.25) is 15.9 Å². The van der Waals surface area contributed by atoms with Crippen LogP contribution >= 0.6 is 0 Å². The molecule has 1 N–H and O–H groups in total. The van der Waals surface area contributed by atoms with Gasteiger partial charge in [-0.1, -0.05) is 12.1 Å². The number of hydrogen-bond acceptors (Lipinski definition) is 6. The smallest absolute Gasteiger partial charge is 0.416 e. The lowest BCUT2D eigenvalue weighted by Gasteiger charge is -2.33. The number of para-hydroxylation sites is 2. The highest BCUT2D eigenvalue weighted by Crippen LogP contribution is 2.31. The van der Waals surface area contributed by atoms with Gasteiger partial charge >= 0.3 is 6.18 Å². The van der Waals surface area contributed by atoms with Crippen LogP contribution in [0.4, 0.5) is 13.2 Å². The molecule has 2 aromatic rings. The van der Waals surface area contributed by atoms with Crippen LogP contribution in [-0.4, -0.2) is 75.5 Å². The molecular weight excluding hydrogens is 475 g/mol. The predicted molar refractivity (Wildman–Crippen MR) is 116 cm³/mol. The molecule has 0 radical (unpaired) electrons. The van der Waals surface area contributed by atoms with E-state index in [-0.39, 0.29) is 43.1 Å². The Kier molecular flexibility index (Phi) is 7.01. The minimum Gasteiger partial charge on any atom is -0.486 e. The monoisotopic (exact) mass is 499 g/mol. The number of rotatable bonds is 6. The van der Waals surface area contributed by atoms with Crippen LogP contribution in [0.5, 0.6) is 11.5 Å². The number of fused-ring (bicyclic) bond motifs is 1. The second kappa shape index (κ2) is 9.80. The SMILES string of the molecule is O=C(CN1CCN(S(=O)(=O)c2ccc(C(F)(F)F)cc2)CC1)NCC1COc2ccccc2O1. The van der Waals surface area contributed by atoms with Crippen molar-refractivity contribution in [3.05, 3.63) is 54.1 Å². The summed E-state index contributed by atoms with van der Waals surface area (Å²) in [7, 11) is -3.92. The van der Waals surface area contributed by atoms with E-state index in [1.54, 1.807) is 6.07 Å². The normalized spacial score (nSPS) is 19.6. The van der Waals surface area contributed by atoms with E-state index in [4.69, 9.17) is 9.47 Å². The van der Waals surface area contributed by atoms with Crippen LogP contribution < -0.4 is 14.8 Å². The van der Waals surface area contributed by atoms with Gasteiger partial charge in [0.15, 0.2) is 11.5 Å². The van der Waals surface area contributed by atoms with Crippen molar-refractivity contribution in [2.45, 2.75) is 17.2 Å². The lowest BCUT2D eigenvalue weighted by atomic mass is 10.2.